The van der Waals surface area contributed by atoms with Gasteiger partial charge in [-0.05, 0) is 56.2 Å². The summed E-state index contributed by atoms with van der Waals surface area (Å²) < 4.78 is 3.76. The van der Waals surface area contributed by atoms with Crippen molar-refractivity contribution in [3.8, 4) is 11.4 Å². The van der Waals surface area contributed by atoms with Gasteiger partial charge in [-0.1, -0.05) is 30.3 Å². The fourth-order valence-electron chi connectivity index (χ4n) is 3.72. The Morgan fingerprint density at radius 2 is 1.75 bits per heavy atom. The van der Waals surface area contributed by atoms with E-state index in [9.17, 15) is 4.79 Å². The molecule has 2 amide bonds. The smallest absolute Gasteiger partial charge is 0.317 e. The summed E-state index contributed by atoms with van der Waals surface area (Å²) in [7, 11) is 1.81. The molecule has 0 aliphatic carbocycles. The number of carbonyl (C=O) groups is 1. The average molecular weight is 429 g/mol. The van der Waals surface area contributed by atoms with Crippen LogP contribution in [-0.2, 0) is 13.0 Å². The Hall–Kier alpha value is -3.87. The van der Waals surface area contributed by atoms with Crippen LogP contribution in [0.5, 0.6) is 0 Å². The summed E-state index contributed by atoms with van der Waals surface area (Å²) in [6.07, 6.45) is 4.44. The number of nitrogens with one attached hydrogen (secondary N) is 1. The van der Waals surface area contributed by atoms with Gasteiger partial charge in [0.1, 0.15) is 0 Å². The molecule has 0 fully saturated rings. The lowest BCUT2D eigenvalue weighted by Gasteiger charge is -2.18. The molecule has 0 spiro atoms. The Morgan fingerprint density at radius 1 is 1.00 bits per heavy atom. The number of benzene rings is 2. The molecular weight excluding hydrogens is 400 g/mol. The fourth-order valence-corrected chi connectivity index (χ4v) is 3.72. The normalized spacial score (nSPS) is 10.8. The molecule has 2 aromatic heterocycles. The SMILES string of the molecule is Cc1nn(-c2ccccc2)c(C)c1CN(C)C(=O)NCCc1ccc(-n2cccn2)cc1. The quantitative estimate of drug-likeness (QED) is 0.483. The van der Waals surface area contributed by atoms with Gasteiger partial charge in [-0.3, -0.25) is 0 Å². The molecule has 7 nitrogen and oxygen atoms in total. The summed E-state index contributed by atoms with van der Waals surface area (Å²) in [4.78, 5) is 14.3. The molecular formula is C25H28N6O. The maximum atomic E-state index is 12.6. The predicted octanol–water partition coefficient (Wildman–Crippen LogP) is 4.06. The lowest BCUT2D eigenvalue weighted by molar-refractivity contribution is 0.207. The van der Waals surface area contributed by atoms with Gasteiger partial charge in [-0.2, -0.15) is 10.2 Å². The second-order valence-electron chi connectivity index (χ2n) is 7.85. The van der Waals surface area contributed by atoms with E-state index in [-0.39, 0.29) is 6.03 Å². The van der Waals surface area contributed by atoms with Gasteiger partial charge in [0, 0.05) is 37.2 Å². The molecule has 0 aliphatic heterocycles. The number of para-hydroxylation sites is 1. The van der Waals surface area contributed by atoms with Crippen molar-refractivity contribution in [1.82, 2.24) is 29.8 Å². The summed E-state index contributed by atoms with van der Waals surface area (Å²) in [5.41, 5.74) is 6.25. The van der Waals surface area contributed by atoms with E-state index in [1.807, 2.05) is 85.0 Å². The van der Waals surface area contributed by atoms with Gasteiger partial charge in [0.2, 0.25) is 0 Å². The zero-order valence-electron chi connectivity index (χ0n) is 18.7. The average Bonchev–Trinajstić information content (AvgIpc) is 3.44. The van der Waals surface area contributed by atoms with Crippen LogP contribution in [0.25, 0.3) is 11.4 Å². The van der Waals surface area contributed by atoms with E-state index < -0.39 is 0 Å². The van der Waals surface area contributed by atoms with Crippen molar-refractivity contribution >= 4 is 6.03 Å². The maximum Gasteiger partial charge on any atom is 0.317 e. The summed E-state index contributed by atoms with van der Waals surface area (Å²) in [6, 6.07) is 20.0. The molecule has 164 valence electrons. The topological polar surface area (TPSA) is 68.0 Å². The number of urea groups is 1. The molecule has 0 radical (unpaired) electrons. The molecule has 0 aliphatic rings. The summed E-state index contributed by atoms with van der Waals surface area (Å²) >= 11 is 0. The monoisotopic (exact) mass is 428 g/mol. The minimum absolute atomic E-state index is 0.0931. The van der Waals surface area contributed by atoms with Crippen LogP contribution >= 0.6 is 0 Å². The molecule has 0 saturated heterocycles. The molecule has 0 unspecified atom stereocenters. The van der Waals surface area contributed by atoms with Gasteiger partial charge in [-0.15, -0.1) is 0 Å². The first-order chi connectivity index (χ1) is 15.5. The molecule has 2 aromatic carbocycles. The minimum atomic E-state index is -0.0931. The van der Waals surface area contributed by atoms with Gasteiger partial charge >= 0.3 is 6.03 Å². The highest BCUT2D eigenvalue weighted by molar-refractivity contribution is 5.73. The van der Waals surface area contributed by atoms with Crippen LogP contribution in [0.15, 0.2) is 73.1 Å². The number of hydrogen-bond acceptors (Lipinski definition) is 3. The zero-order valence-corrected chi connectivity index (χ0v) is 18.7. The summed E-state index contributed by atoms with van der Waals surface area (Å²) in [5.74, 6) is 0. The van der Waals surface area contributed by atoms with Crippen LogP contribution in [0.3, 0.4) is 0 Å². The molecule has 4 rings (SSSR count). The number of aromatic nitrogens is 4. The van der Waals surface area contributed by atoms with Crippen LogP contribution < -0.4 is 5.32 Å². The van der Waals surface area contributed by atoms with E-state index in [4.69, 9.17) is 0 Å². The highest BCUT2D eigenvalue weighted by Crippen LogP contribution is 2.19. The number of amides is 2. The van der Waals surface area contributed by atoms with Crippen molar-refractivity contribution in [1.29, 1.82) is 0 Å². The lowest BCUT2D eigenvalue weighted by atomic mass is 10.1. The van der Waals surface area contributed by atoms with Crippen LogP contribution in [0.1, 0.15) is 22.5 Å². The largest absolute Gasteiger partial charge is 0.338 e. The van der Waals surface area contributed by atoms with Crippen LogP contribution in [-0.4, -0.2) is 44.1 Å². The van der Waals surface area contributed by atoms with Gasteiger partial charge in [0.25, 0.3) is 0 Å². The van der Waals surface area contributed by atoms with Crippen molar-refractivity contribution in [3.05, 3.63) is 95.6 Å². The van der Waals surface area contributed by atoms with E-state index in [1.165, 1.54) is 5.56 Å². The third-order valence-corrected chi connectivity index (χ3v) is 5.58. The van der Waals surface area contributed by atoms with Crippen molar-refractivity contribution in [2.24, 2.45) is 0 Å². The van der Waals surface area contributed by atoms with Crippen molar-refractivity contribution in [2.45, 2.75) is 26.8 Å². The Kier molecular flexibility index (Phi) is 6.35. The van der Waals surface area contributed by atoms with Crippen LogP contribution in [0.4, 0.5) is 4.79 Å². The molecule has 4 aromatic rings. The lowest BCUT2D eigenvalue weighted by Crippen LogP contribution is -2.38. The molecule has 0 atom stereocenters. The first kappa shape index (κ1) is 21.4. The first-order valence-corrected chi connectivity index (χ1v) is 10.7. The molecule has 32 heavy (non-hydrogen) atoms. The molecule has 2 heterocycles. The molecule has 1 N–H and O–H groups in total. The first-order valence-electron chi connectivity index (χ1n) is 10.7. The minimum Gasteiger partial charge on any atom is -0.338 e. The van der Waals surface area contributed by atoms with Crippen molar-refractivity contribution in [2.75, 3.05) is 13.6 Å². The third-order valence-electron chi connectivity index (χ3n) is 5.58. The van der Waals surface area contributed by atoms with E-state index >= 15 is 0 Å². The molecule has 0 saturated carbocycles. The number of rotatable bonds is 7. The highest BCUT2D eigenvalue weighted by Gasteiger charge is 2.17. The molecule has 0 bridgehead atoms. The van der Waals surface area contributed by atoms with Crippen molar-refractivity contribution in [3.63, 3.8) is 0 Å². The second kappa shape index (κ2) is 9.51. The Morgan fingerprint density at radius 3 is 2.44 bits per heavy atom. The maximum absolute atomic E-state index is 12.6. The van der Waals surface area contributed by atoms with E-state index in [1.54, 1.807) is 11.1 Å². The summed E-state index contributed by atoms with van der Waals surface area (Å²) in [6.45, 7) is 5.11. The molecule has 7 heteroatoms. The van der Waals surface area contributed by atoms with Crippen molar-refractivity contribution < 1.29 is 4.79 Å². The number of carbonyl (C=O) groups excluding carboxylic acids is 1. The Labute approximate surface area is 188 Å². The van der Waals surface area contributed by atoms with Gasteiger partial charge < -0.3 is 10.2 Å². The summed E-state index contributed by atoms with van der Waals surface area (Å²) in [5, 5.41) is 11.9. The number of aryl methyl sites for hydroxylation is 1. The van der Waals surface area contributed by atoms with Crippen LogP contribution in [0, 0.1) is 13.8 Å². The highest BCUT2D eigenvalue weighted by atomic mass is 16.2. The Bertz CT molecular complexity index is 1160. The predicted molar refractivity (Wildman–Crippen MR) is 125 cm³/mol. The number of nitrogens with zero attached hydrogens (tertiary/aromatic N) is 5. The van der Waals surface area contributed by atoms with Gasteiger partial charge in [0.05, 0.1) is 23.6 Å². The third kappa shape index (κ3) is 4.72. The van der Waals surface area contributed by atoms with Gasteiger partial charge in [-0.25, -0.2) is 14.2 Å². The zero-order chi connectivity index (χ0) is 22.5. The number of hydrogen-bond donors (Lipinski definition) is 1. The van der Waals surface area contributed by atoms with E-state index in [0.717, 1.165) is 34.7 Å². The second-order valence-corrected chi connectivity index (χ2v) is 7.85. The van der Waals surface area contributed by atoms with Gasteiger partial charge in [0.15, 0.2) is 0 Å². The van der Waals surface area contributed by atoms with Crippen LogP contribution in [0.2, 0.25) is 0 Å². The fraction of sp³-hybridized carbons (Fsp3) is 0.240. The Balaban J connectivity index is 1.31. The standard InChI is InChI=1S/C25H28N6O/c1-19-24(20(2)31(28-19)23-8-5-4-6-9-23)18-29(3)25(32)26-16-14-21-10-12-22(13-11-21)30-17-7-15-27-30/h4-13,15,17H,14,16,18H2,1-3H3,(H,26,32). The van der Waals surface area contributed by atoms with E-state index in [2.05, 4.69) is 27.6 Å². The van der Waals surface area contributed by atoms with E-state index in [0.29, 0.717) is 13.1 Å².